The van der Waals surface area contributed by atoms with Crippen LogP contribution in [-0.2, 0) is 9.47 Å². The van der Waals surface area contributed by atoms with Gasteiger partial charge in [0.15, 0.2) is 6.29 Å². The minimum atomic E-state index is -1.03. The molecule has 0 aromatic rings. The molecule has 0 bridgehead atoms. The van der Waals surface area contributed by atoms with Gasteiger partial charge in [0.05, 0.1) is 12.7 Å². The van der Waals surface area contributed by atoms with E-state index in [-0.39, 0.29) is 13.0 Å². The second-order valence-corrected chi connectivity index (χ2v) is 2.82. The molecular weight excluding hydrogens is 164 g/mol. The van der Waals surface area contributed by atoms with Crippen molar-refractivity contribution in [1.82, 2.24) is 0 Å². The maximum Gasteiger partial charge on any atom is 0.160 e. The molecule has 5 nitrogen and oxygen atoms in total. The molecule has 4 atom stereocenters. The number of rotatable bonds is 2. The Morgan fingerprint density at radius 2 is 2.17 bits per heavy atom. The van der Waals surface area contributed by atoms with Crippen molar-refractivity contribution >= 4 is 0 Å². The van der Waals surface area contributed by atoms with Crippen molar-refractivity contribution < 1.29 is 24.8 Å². The lowest BCUT2D eigenvalue weighted by atomic mass is 10.0. The molecule has 2 unspecified atom stereocenters. The van der Waals surface area contributed by atoms with E-state index in [1.807, 2.05) is 0 Å². The topological polar surface area (TPSA) is 79.2 Å². The summed E-state index contributed by atoms with van der Waals surface area (Å²) in [4.78, 5) is 0. The summed E-state index contributed by atoms with van der Waals surface area (Å²) in [5.41, 5.74) is 0. The molecule has 0 amide bonds. The van der Waals surface area contributed by atoms with Gasteiger partial charge in [0, 0.05) is 13.5 Å². The Morgan fingerprint density at radius 1 is 1.50 bits per heavy atom. The quantitative estimate of drug-likeness (QED) is 0.477. The highest BCUT2D eigenvalue weighted by atomic mass is 16.7. The van der Waals surface area contributed by atoms with E-state index in [2.05, 4.69) is 0 Å². The van der Waals surface area contributed by atoms with E-state index in [9.17, 15) is 10.2 Å². The van der Waals surface area contributed by atoms with Crippen molar-refractivity contribution in [3.8, 4) is 0 Å². The van der Waals surface area contributed by atoms with Crippen LogP contribution in [0, 0.1) is 0 Å². The van der Waals surface area contributed by atoms with Crippen LogP contribution in [0.2, 0.25) is 0 Å². The van der Waals surface area contributed by atoms with Gasteiger partial charge < -0.3 is 24.8 Å². The van der Waals surface area contributed by atoms with E-state index in [0.29, 0.717) is 0 Å². The fraction of sp³-hybridized carbons (Fsp3) is 1.00. The Morgan fingerprint density at radius 3 is 2.67 bits per heavy atom. The monoisotopic (exact) mass is 178 g/mol. The molecule has 0 saturated carbocycles. The maximum absolute atomic E-state index is 9.26. The zero-order valence-corrected chi connectivity index (χ0v) is 6.88. The molecule has 1 rings (SSSR count). The van der Waals surface area contributed by atoms with Gasteiger partial charge in [0.2, 0.25) is 0 Å². The summed E-state index contributed by atoms with van der Waals surface area (Å²) >= 11 is 0. The highest BCUT2D eigenvalue weighted by Crippen LogP contribution is 2.20. The molecule has 0 radical (unpaired) electrons. The molecule has 0 spiro atoms. The lowest BCUT2D eigenvalue weighted by Gasteiger charge is -2.35. The minimum Gasteiger partial charge on any atom is -0.394 e. The lowest BCUT2D eigenvalue weighted by molar-refractivity contribution is -0.248. The molecule has 5 heteroatoms. The van der Waals surface area contributed by atoms with Crippen molar-refractivity contribution in [3.05, 3.63) is 0 Å². The first-order valence-electron chi connectivity index (χ1n) is 3.84. The number of hydrogen-bond acceptors (Lipinski definition) is 5. The third kappa shape index (κ3) is 1.94. The van der Waals surface area contributed by atoms with Gasteiger partial charge in [-0.1, -0.05) is 0 Å². The molecule has 12 heavy (non-hydrogen) atoms. The largest absolute Gasteiger partial charge is 0.394 e. The van der Waals surface area contributed by atoms with E-state index in [0.717, 1.165) is 0 Å². The summed E-state index contributed by atoms with van der Waals surface area (Å²) in [5.74, 6) is 0. The van der Waals surface area contributed by atoms with Crippen molar-refractivity contribution in [3.63, 3.8) is 0 Å². The zero-order valence-electron chi connectivity index (χ0n) is 6.88. The fourth-order valence-corrected chi connectivity index (χ4v) is 1.22. The summed E-state index contributed by atoms with van der Waals surface area (Å²) in [5, 5.41) is 27.3. The summed E-state index contributed by atoms with van der Waals surface area (Å²) in [6.07, 6.45) is -2.98. The molecule has 0 aromatic carbocycles. The predicted octanol–water partition coefficient (Wildman–Crippen LogP) is -1.54. The van der Waals surface area contributed by atoms with Crippen LogP contribution in [-0.4, -0.2) is 53.6 Å². The van der Waals surface area contributed by atoms with Crippen LogP contribution in [0.5, 0.6) is 0 Å². The molecular formula is C7H14O5. The molecule has 1 aliphatic heterocycles. The smallest absolute Gasteiger partial charge is 0.160 e. The van der Waals surface area contributed by atoms with Crippen LogP contribution in [0.15, 0.2) is 0 Å². The average molecular weight is 178 g/mol. The summed E-state index contributed by atoms with van der Waals surface area (Å²) in [6, 6.07) is 0. The third-order valence-electron chi connectivity index (χ3n) is 1.98. The van der Waals surface area contributed by atoms with Gasteiger partial charge in [-0.3, -0.25) is 0 Å². The molecule has 72 valence electrons. The van der Waals surface area contributed by atoms with Crippen LogP contribution in [0.3, 0.4) is 0 Å². The Labute approximate surface area is 70.5 Å². The molecule has 1 saturated heterocycles. The van der Waals surface area contributed by atoms with Gasteiger partial charge in [0.1, 0.15) is 12.2 Å². The number of ether oxygens (including phenoxy) is 2. The van der Waals surface area contributed by atoms with Crippen LogP contribution < -0.4 is 0 Å². The van der Waals surface area contributed by atoms with Crippen molar-refractivity contribution in [2.75, 3.05) is 13.7 Å². The first kappa shape index (κ1) is 9.88. The molecule has 0 aliphatic carbocycles. The van der Waals surface area contributed by atoms with Gasteiger partial charge in [-0.2, -0.15) is 0 Å². The number of aliphatic hydroxyl groups is 3. The van der Waals surface area contributed by atoms with Crippen LogP contribution in [0.1, 0.15) is 6.42 Å². The first-order chi connectivity index (χ1) is 5.69. The number of hydrogen-bond donors (Lipinski definition) is 3. The predicted molar refractivity (Wildman–Crippen MR) is 39.4 cm³/mol. The standard InChI is InChI=1S/C7H14O5/c1-11-6-2-4(9)7(10)5(3-8)12-6/h4-10H,2-3H2,1H3/t4?,5?,6-,7-/m0/s1. The van der Waals surface area contributed by atoms with Gasteiger partial charge in [-0.05, 0) is 0 Å². The van der Waals surface area contributed by atoms with Crippen LogP contribution >= 0.6 is 0 Å². The van der Waals surface area contributed by atoms with E-state index >= 15 is 0 Å². The second kappa shape index (κ2) is 4.15. The van der Waals surface area contributed by atoms with Crippen LogP contribution in [0.25, 0.3) is 0 Å². The van der Waals surface area contributed by atoms with Gasteiger partial charge in [-0.25, -0.2) is 0 Å². The minimum absolute atomic E-state index is 0.230. The summed E-state index contributed by atoms with van der Waals surface area (Å²) in [7, 11) is 1.45. The summed E-state index contributed by atoms with van der Waals surface area (Å²) in [6.45, 7) is -0.321. The SMILES string of the molecule is CO[C@@H]1CC(O)[C@H](O)C(CO)O1. The van der Waals surface area contributed by atoms with Gasteiger partial charge in [-0.15, -0.1) is 0 Å². The van der Waals surface area contributed by atoms with Crippen LogP contribution in [0.4, 0.5) is 0 Å². The highest BCUT2D eigenvalue weighted by Gasteiger charge is 2.36. The molecule has 0 aromatic heterocycles. The number of aliphatic hydroxyl groups excluding tert-OH is 3. The Kier molecular flexibility index (Phi) is 3.42. The van der Waals surface area contributed by atoms with Gasteiger partial charge >= 0.3 is 0 Å². The normalized spacial score (nSPS) is 43.0. The van der Waals surface area contributed by atoms with Gasteiger partial charge in [0.25, 0.3) is 0 Å². The van der Waals surface area contributed by atoms with E-state index in [1.165, 1.54) is 7.11 Å². The second-order valence-electron chi connectivity index (χ2n) is 2.82. The average Bonchev–Trinajstić information content (AvgIpc) is 2.09. The summed E-state index contributed by atoms with van der Waals surface area (Å²) < 4.78 is 9.92. The van der Waals surface area contributed by atoms with E-state index in [4.69, 9.17) is 14.6 Å². The lowest BCUT2D eigenvalue weighted by Crippen LogP contribution is -2.50. The molecule has 1 heterocycles. The molecule has 3 N–H and O–H groups in total. The van der Waals surface area contributed by atoms with E-state index in [1.54, 1.807) is 0 Å². The van der Waals surface area contributed by atoms with Crippen molar-refractivity contribution in [2.45, 2.75) is 31.0 Å². The van der Waals surface area contributed by atoms with E-state index < -0.39 is 24.6 Å². The van der Waals surface area contributed by atoms with Crippen molar-refractivity contribution in [2.24, 2.45) is 0 Å². The zero-order chi connectivity index (χ0) is 9.14. The Bertz CT molecular complexity index is 140. The fourth-order valence-electron chi connectivity index (χ4n) is 1.22. The first-order valence-corrected chi connectivity index (χ1v) is 3.84. The third-order valence-corrected chi connectivity index (χ3v) is 1.98. The van der Waals surface area contributed by atoms with Crippen molar-refractivity contribution in [1.29, 1.82) is 0 Å². The molecule has 1 fully saturated rings. The molecule has 1 aliphatic rings. The highest BCUT2D eigenvalue weighted by molar-refractivity contribution is 4.81. The number of methoxy groups -OCH3 is 1. The Balaban J connectivity index is 2.52. The maximum atomic E-state index is 9.26. The Hall–Kier alpha value is -0.200.